The van der Waals surface area contributed by atoms with Crippen LogP contribution >= 0.6 is 0 Å². The van der Waals surface area contributed by atoms with Gasteiger partial charge in [-0.1, -0.05) is 6.92 Å². The number of hydrogen-bond donors (Lipinski definition) is 1. The Bertz CT molecular complexity index is 351. The summed E-state index contributed by atoms with van der Waals surface area (Å²) in [6, 6.07) is 0. The van der Waals surface area contributed by atoms with Crippen molar-refractivity contribution in [2.75, 3.05) is 6.54 Å². The molecule has 1 heterocycles. The zero-order valence-corrected chi connectivity index (χ0v) is 10.7. The minimum Gasteiger partial charge on any atom is -0.445 e. The average molecular weight is 222 g/mol. The normalized spacial score (nSPS) is 24.8. The van der Waals surface area contributed by atoms with Gasteiger partial charge in [-0.25, -0.2) is 4.98 Å². The molecule has 2 atom stereocenters. The average Bonchev–Trinajstić information content (AvgIpc) is 2.72. The highest BCUT2D eigenvalue weighted by molar-refractivity contribution is 5.11. The van der Waals surface area contributed by atoms with Crippen LogP contribution in [0.5, 0.6) is 0 Å². The third-order valence-electron chi connectivity index (χ3n) is 3.04. The fourth-order valence-electron chi connectivity index (χ4n) is 1.87. The van der Waals surface area contributed by atoms with E-state index in [9.17, 15) is 0 Å². The van der Waals surface area contributed by atoms with Gasteiger partial charge in [-0.3, -0.25) is 0 Å². The maximum Gasteiger partial charge on any atom is 0.195 e. The molecule has 2 unspecified atom stereocenters. The lowest BCUT2D eigenvalue weighted by atomic mass is 10.1. The summed E-state index contributed by atoms with van der Waals surface area (Å²) in [5.41, 5.74) is 0.167. The van der Waals surface area contributed by atoms with Crippen molar-refractivity contribution >= 4 is 0 Å². The number of rotatable bonds is 4. The molecule has 1 aliphatic carbocycles. The molecule has 0 radical (unpaired) electrons. The molecule has 1 fully saturated rings. The van der Waals surface area contributed by atoms with E-state index in [2.05, 4.69) is 38.0 Å². The number of aromatic nitrogens is 1. The molecule has 16 heavy (non-hydrogen) atoms. The first kappa shape index (κ1) is 11.6. The molecule has 0 aliphatic heterocycles. The van der Waals surface area contributed by atoms with E-state index in [1.54, 1.807) is 0 Å². The van der Waals surface area contributed by atoms with Gasteiger partial charge in [-0.15, -0.1) is 0 Å². The Hall–Kier alpha value is -0.830. The van der Waals surface area contributed by atoms with E-state index in [1.807, 2.05) is 6.20 Å². The Kier molecular flexibility index (Phi) is 3.06. The molecule has 0 bridgehead atoms. The zero-order valence-electron chi connectivity index (χ0n) is 10.7. The fraction of sp³-hybridized carbons (Fsp3) is 0.769. The van der Waals surface area contributed by atoms with Crippen LogP contribution in [0.4, 0.5) is 0 Å². The van der Waals surface area contributed by atoms with E-state index in [0.29, 0.717) is 5.92 Å². The second kappa shape index (κ2) is 4.21. The summed E-state index contributed by atoms with van der Waals surface area (Å²) < 4.78 is 5.74. The number of oxazole rings is 1. The zero-order chi connectivity index (χ0) is 11.8. The van der Waals surface area contributed by atoms with Crippen LogP contribution in [-0.2, 0) is 6.42 Å². The lowest BCUT2D eigenvalue weighted by molar-refractivity contribution is 0.401. The van der Waals surface area contributed by atoms with Crippen LogP contribution in [0.1, 0.15) is 51.7 Å². The van der Waals surface area contributed by atoms with Gasteiger partial charge in [0.2, 0.25) is 0 Å². The predicted octanol–water partition coefficient (Wildman–Crippen LogP) is 2.73. The largest absolute Gasteiger partial charge is 0.445 e. The molecule has 0 amide bonds. The topological polar surface area (TPSA) is 38.1 Å². The van der Waals surface area contributed by atoms with E-state index in [-0.39, 0.29) is 5.54 Å². The van der Waals surface area contributed by atoms with Gasteiger partial charge in [0, 0.05) is 24.4 Å². The van der Waals surface area contributed by atoms with E-state index in [1.165, 1.54) is 6.42 Å². The highest BCUT2D eigenvalue weighted by atomic mass is 16.4. The minimum atomic E-state index is 0.167. The summed E-state index contributed by atoms with van der Waals surface area (Å²) in [4.78, 5) is 4.32. The highest BCUT2D eigenvalue weighted by Crippen LogP contribution is 2.46. The molecule has 1 N–H and O–H groups in total. The van der Waals surface area contributed by atoms with Gasteiger partial charge in [0.25, 0.3) is 0 Å². The third-order valence-corrected chi connectivity index (χ3v) is 3.04. The van der Waals surface area contributed by atoms with Crippen molar-refractivity contribution in [1.82, 2.24) is 10.3 Å². The van der Waals surface area contributed by atoms with E-state index in [0.717, 1.165) is 30.5 Å². The first-order valence-corrected chi connectivity index (χ1v) is 6.15. The molecule has 1 aromatic rings. The Labute approximate surface area is 97.6 Å². The molecular formula is C13H22N2O. The molecule has 0 spiro atoms. The Morgan fingerprint density at radius 1 is 1.50 bits per heavy atom. The Balaban J connectivity index is 1.79. The summed E-state index contributed by atoms with van der Waals surface area (Å²) in [6.45, 7) is 9.68. The van der Waals surface area contributed by atoms with Crippen LogP contribution < -0.4 is 5.32 Å². The molecule has 1 saturated carbocycles. The summed E-state index contributed by atoms with van der Waals surface area (Å²) in [5.74, 6) is 3.37. The molecule has 1 aliphatic rings. The third kappa shape index (κ3) is 3.08. The molecule has 2 rings (SSSR count). The summed E-state index contributed by atoms with van der Waals surface area (Å²) in [5, 5.41) is 3.43. The minimum absolute atomic E-state index is 0.167. The van der Waals surface area contributed by atoms with Crippen molar-refractivity contribution in [1.29, 1.82) is 0 Å². The standard InChI is InChI=1S/C13H22N2O/c1-9-7-10(9)11-8-14-12(16-11)5-6-15-13(2,3)4/h8-10,15H,5-7H2,1-4H3. The quantitative estimate of drug-likeness (QED) is 0.851. The van der Waals surface area contributed by atoms with Gasteiger partial charge >= 0.3 is 0 Å². The van der Waals surface area contributed by atoms with Crippen molar-refractivity contribution in [3.8, 4) is 0 Å². The van der Waals surface area contributed by atoms with Crippen LogP contribution in [-0.4, -0.2) is 17.1 Å². The maximum absolute atomic E-state index is 5.74. The van der Waals surface area contributed by atoms with Gasteiger partial charge in [0.1, 0.15) is 5.76 Å². The molecule has 3 nitrogen and oxygen atoms in total. The van der Waals surface area contributed by atoms with Gasteiger partial charge in [-0.2, -0.15) is 0 Å². The molecule has 3 heteroatoms. The number of hydrogen-bond acceptors (Lipinski definition) is 3. The second-order valence-electron chi connectivity index (χ2n) is 5.90. The fourth-order valence-corrected chi connectivity index (χ4v) is 1.87. The maximum atomic E-state index is 5.74. The van der Waals surface area contributed by atoms with Crippen LogP contribution in [0, 0.1) is 5.92 Å². The molecule has 1 aromatic heterocycles. The van der Waals surface area contributed by atoms with Crippen LogP contribution in [0.2, 0.25) is 0 Å². The first-order chi connectivity index (χ1) is 7.46. The number of nitrogens with zero attached hydrogens (tertiary/aromatic N) is 1. The van der Waals surface area contributed by atoms with Crippen molar-refractivity contribution in [2.24, 2.45) is 5.92 Å². The second-order valence-corrected chi connectivity index (χ2v) is 5.90. The molecule has 0 aromatic carbocycles. The summed E-state index contributed by atoms with van der Waals surface area (Å²) >= 11 is 0. The lowest BCUT2D eigenvalue weighted by Gasteiger charge is -2.19. The van der Waals surface area contributed by atoms with E-state index >= 15 is 0 Å². The van der Waals surface area contributed by atoms with Crippen molar-refractivity contribution in [3.05, 3.63) is 17.8 Å². The molecule has 90 valence electrons. The van der Waals surface area contributed by atoms with Gasteiger partial charge in [0.05, 0.1) is 6.20 Å². The van der Waals surface area contributed by atoms with Gasteiger partial charge in [-0.05, 0) is 33.1 Å². The van der Waals surface area contributed by atoms with Crippen LogP contribution in [0.25, 0.3) is 0 Å². The van der Waals surface area contributed by atoms with Crippen molar-refractivity contribution in [3.63, 3.8) is 0 Å². The van der Waals surface area contributed by atoms with E-state index in [4.69, 9.17) is 4.42 Å². The lowest BCUT2D eigenvalue weighted by Crippen LogP contribution is -2.37. The van der Waals surface area contributed by atoms with Crippen LogP contribution in [0.15, 0.2) is 10.6 Å². The predicted molar refractivity (Wildman–Crippen MR) is 64.5 cm³/mol. The van der Waals surface area contributed by atoms with Crippen LogP contribution in [0.3, 0.4) is 0 Å². The summed E-state index contributed by atoms with van der Waals surface area (Å²) in [7, 11) is 0. The SMILES string of the molecule is CC1CC1c1cnc(CCNC(C)(C)C)o1. The molecule has 0 saturated heterocycles. The Morgan fingerprint density at radius 3 is 2.75 bits per heavy atom. The van der Waals surface area contributed by atoms with Gasteiger partial charge < -0.3 is 9.73 Å². The summed E-state index contributed by atoms with van der Waals surface area (Å²) in [6.07, 6.45) is 4.04. The van der Waals surface area contributed by atoms with E-state index < -0.39 is 0 Å². The van der Waals surface area contributed by atoms with Gasteiger partial charge in [0.15, 0.2) is 5.89 Å². The number of nitrogens with one attached hydrogen (secondary N) is 1. The van der Waals surface area contributed by atoms with Crippen molar-refractivity contribution in [2.45, 2.75) is 52.0 Å². The first-order valence-electron chi connectivity index (χ1n) is 6.15. The Morgan fingerprint density at radius 2 is 2.19 bits per heavy atom. The molecular weight excluding hydrogens is 200 g/mol. The smallest absolute Gasteiger partial charge is 0.195 e. The van der Waals surface area contributed by atoms with Crippen molar-refractivity contribution < 1.29 is 4.42 Å². The highest BCUT2D eigenvalue weighted by Gasteiger charge is 2.37. The monoisotopic (exact) mass is 222 g/mol.